The van der Waals surface area contributed by atoms with Gasteiger partial charge in [-0.2, -0.15) is 0 Å². The summed E-state index contributed by atoms with van der Waals surface area (Å²) in [6, 6.07) is 7.58. The molecule has 0 heterocycles. The van der Waals surface area contributed by atoms with Crippen LogP contribution in [0, 0.1) is 5.41 Å². The van der Waals surface area contributed by atoms with E-state index in [1.807, 2.05) is 38.1 Å². The van der Waals surface area contributed by atoms with Crippen LogP contribution in [0.15, 0.2) is 24.3 Å². The summed E-state index contributed by atoms with van der Waals surface area (Å²) in [5.41, 5.74) is 1.17. The largest absolute Gasteiger partial charge is 0.343 e. The van der Waals surface area contributed by atoms with Crippen LogP contribution >= 0.6 is 0 Å². The first-order valence-corrected chi connectivity index (χ1v) is 8.44. The van der Waals surface area contributed by atoms with E-state index in [4.69, 9.17) is 0 Å². The number of amides is 2. The number of hydrogen-bond acceptors (Lipinski definition) is 2. The first-order valence-electron chi connectivity index (χ1n) is 8.44. The molecule has 1 aromatic rings. The normalized spacial score (nSPS) is 12.7. The molecule has 0 spiro atoms. The number of carbonyl (C=O) groups excluding carboxylic acids is 2. The van der Waals surface area contributed by atoms with Crippen LogP contribution < -0.4 is 10.6 Å². The van der Waals surface area contributed by atoms with Gasteiger partial charge in [-0.05, 0) is 42.7 Å². The van der Waals surface area contributed by atoms with E-state index in [2.05, 4.69) is 52.2 Å². The van der Waals surface area contributed by atoms with Crippen molar-refractivity contribution >= 4 is 17.5 Å². The summed E-state index contributed by atoms with van der Waals surface area (Å²) in [5, 5.41) is 5.59. The first kappa shape index (κ1) is 20.2. The van der Waals surface area contributed by atoms with Gasteiger partial charge < -0.3 is 10.6 Å². The molecular formula is C20H32N2O2. The molecule has 0 saturated heterocycles. The van der Waals surface area contributed by atoms with Crippen LogP contribution in [-0.4, -0.2) is 17.4 Å². The molecule has 134 valence electrons. The number of carbonyl (C=O) groups is 2. The van der Waals surface area contributed by atoms with Crippen molar-refractivity contribution in [2.75, 3.05) is 5.32 Å². The molecule has 2 N–H and O–H groups in total. The van der Waals surface area contributed by atoms with Gasteiger partial charge >= 0.3 is 11.8 Å². The third-order valence-corrected chi connectivity index (χ3v) is 3.61. The van der Waals surface area contributed by atoms with E-state index in [9.17, 15) is 9.59 Å². The minimum atomic E-state index is -0.631. The maximum absolute atomic E-state index is 12.3. The van der Waals surface area contributed by atoms with E-state index in [1.54, 1.807) is 0 Å². The molecular weight excluding hydrogens is 300 g/mol. The second-order valence-electron chi connectivity index (χ2n) is 9.33. The monoisotopic (exact) mass is 332 g/mol. The van der Waals surface area contributed by atoms with Crippen molar-refractivity contribution < 1.29 is 9.59 Å². The van der Waals surface area contributed by atoms with Gasteiger partial charge in [-0.25, -0.2) is 0 Å². The molecule has 4 heteroatoms. The predicted molar refractivity (Wildman–Crippen MR) is 100 cm³/mol. The van der Waals surface area contributed by atoms with Crippen LogP contribution in [0.2, 0.25) is 0 Å². The summed E-state index contributed by atoms with van der Waals surface area (Å²) < 4.78 is 0. The van der Waals surface area contributed by atoms with Crippen LogP contribution in [0.25, 0.3) is 0 Å². The highest BCUT2D eigenvalue weighted by molar-refractivity contribution is 6.39. The van der Waals surface area contributed by atoms with Gasteiger partial charge in [0.25, 0.3) is 0 Å². The van der Waals surface area contributed by atoms with E-state index < -0.39 is 17.4 Å². The number of hydrogen-bond donors (Lipinski definition) is 2. The zero-order valence-corrected chi connectivity index (χ0v) is 16.3. The van der Waals surface area contributed by atoms with E-state index in [1.165, 1.54) is 0 Å². The van der Waals surface area contributed by atoms with Gasteiger partial charge in [0.15, 0.2) is 0 Å². The minimum Gasteiger partial charge on any atom is -0.343 e. The Bertz CT molecular complexity index is 605. The number of nitrogens with one attached hydrogen (secondary N) is 2. The Hall–Kier alpha value is -1.84. The average Bonchev–Trinajstić information content (AvgIpc) is 2.34. The van der Waals surface area contributed by atoms with Gasteiger partial charge in [0, 0.05) is 11.2 Å². The van der Waals surface area contributed by atoms with Gasteiger partial charge in [-0.15, -0.1) is 0 Å². The highest BCUT2D eigenvalue weighted by Gasteiger charge is 2.29. The molecule has 0 atom stereocenters. The Morgan fingerprint density at radius 3 is 1.92 bits per heavy atom. The number of para-hydroxylation sites is 1. The first-order chi connectivity index (χ1) is 10.7. The highest BCUT2D eigenvalue weighted by atomic mass is 16.2. The van der Waals surface area contributed by atoms with E-state index in [0.29, 0.717) is 5.69 Å². The second kappa shape index (κ2) is 6.96. The lowest BCUT2D eigenvalue weighted by Crippen LogP contribution is -2.49. The Balaban J connectivity index is 2.85. The van der Waals surface area contributed by atoms with E-state index in [0.717, 1.165) is 12.0 Å². The van der Waals surface area contributed by atoms with Gasteiger partial charge in [-0.1, -0.05) is 59.7 Å². The molecule has 0 aliphatic carbocycles. The summed E-state index contributed by atoms with van der Waals surface area (Å²) in [6.45, 7) is 16.4. The third kappa shape index (κ3) is 6.34. The molecule has 1 aromatic carbocycles. The molecule has 0 bridgehead atoms. The molecule has 0 aliphatic heterocycles. The lowest BCUT2D eigenvalue weighted by molar-refractivity contribution is -0.137. The molecule has 0 aliphatic rings. The summed E-state index contributed by atoms with van der Waals surface area (Å²) in [6.07, 6.45) is 0.775. The highest BCUT2D eigenvalue weighted by Crippen LogP contribution is 2.29. The Morgan fingerprint density at radius 2 is 1.42 bits per heavy atom. The van der Waals surface area contributed by atoms with Crippen molar-refractivity contribution in [3.63, 3.8) is 0 Å². The maximum atomic E-state index is 12.3. The van der Waals surface area contributed by atoms with Crippen molar-refractivity contribution in [2.24, 2.45) is 5.41 Å². The summed E-state index contributed by atoms with van der Waals surface area (Å²) >= 11 is 0. The molecule has 4 nitrogen and oxygen atoms in total. The Morgan fingerprint density at radius 1 is 0.875 bits per heavy atom. The molecule has 2 amide bonds. The lowest BCUT2D eigenvalue weighted by atomic mass is 9.82. The van der Waals surface area contributed by atoms with Crippen molar-refractivity contribution in [1.82, 2.24) is 5.32 Å². The average molecular weight is 332 g/mol. The summed E-state index contributed by atoms with van der Waals surface area (Å²) in [7, 11) is 0. The fourth-order valence-corrected chi connectivity index (χ4v) is 3.16. The van der Waals surface area contributed by atoms with Crippen molar-refractivity contribution in [1.29, 1.82) is 0 Å². The minimum absolute atomic E-state index is 0.0616. The molecule has 0 fully saturated rings. The third-order valence-electron chi connectivity index (χ3n) is 3.61. The van der Waals surface area contributed by atoms with E-state index in [-0.39, 0.29) is 10.8 Å². The zero-order valence-electron chi connectivity index (χ0n) is 16.3. The molecule has 0 unspecified atom stereocenters. The number of anilines is 1. The predicted octanol–water partition coefficient (Wildman–Crippen LogP) is 4.25. The second-order valence-corrected chi connectivity index (χ2v) is 9.33. The van der Waals surface area contributed by atoms with Crippen molar-refractivity contribution in [2.45, 2.75) is 72.8 Å². The Labute approximate surface area is 146 Å². The molecule has 24 heavy (non-hydrogen) atoms. The molecule has 0 saturated carbocycles. The van der Waals surface area contributed by atoms with Crippen molar-refractivity contribution in [3.05, 3.63) is 29.8 Å². The Kier molecular flexibility index (Phi) is 5.86. The van der Waals surface area contributed by atoms with Gasteiger partial charge in [0.1, 0.15) is 0 Å². The fourth-order valence-electron chi connectivity index (χ4n) is 3.16. The summed E-state index contributed by atoms with van der Waals surface area (Å²) in [5.74, 6) is -1.23. The number of rotatable bonds is 3. The van der Waals surface area contributed by atoms with Crippen LogP contribution in [-0.2, 0) is 15.0 Å². The lowest BCUT2D eigenvalue weighted by Gasteiger charge is -2.33. The van der Waals surface area contributed by atoms with E-state index >= 15 is 0 Å². The molecule has 1 rings (SSSR count). The van der Waals surface area contributed by atoms with Crippen LogP contribution in [0.3, 0.4) is 0 Å². The van der Waals surface area contributed by atoms with Crippen LogP contribution in [0.5, 0.6) is 0 Å². The van der Waals surface area contributed by atoms with Gasteiger partial charge in [-0.3, -0.25) is 9.59 Å². The summed E-state index contributed by atoms with van der Waals surface area (Å²) in [4.78, 5) is 24.6. The SMILES string of the molecule is CC(C)(C)CC(C)(C)NC(=O)C(=O)Nc1ccccc1C(C)(C)C. The maximum Gasteiger partial charge on any atom is 0.313 e. The topological polar surface area (TPSA) is 58.2 Å². The van der Waals surface area contributed by atoms with Gasteiger partial charge in [0.2, 0.25) is 0 Å². The standard InChI is InChI=1S/C20H32N2O2/c1-18(2,3)13-20(7,8)22-17(24)16(23)21-15-12-10-9-11-14(15)19(4,5)6/h9-12H,13H2,1-8H3,(H,21,23)(H,22,24). The zero-order chi connectivity index (χ0) is 18.8. The quantitative estimate of drug-likeness (QED) is 0.813. The smallest absolute Gasteiger partial charge is 0.313 e. The van der Waals surface area contributed by atoms with Crippen molar-refractivity contribution in [3.8, 4) is 0 Å². The van der Waals surface area contributed by atoms with Crippen LogP contribution in [0.1, 0.15) is 67.4 Å². The fraction of sp³-hybridized carbons (Fsp3) is 0.600. The molecule has 0 radical (unpaired) electrons. The van der Waals surface area contributed by atoms with Crippen LogP contribution in [0.4, 0.5) is 5.69 Å². The molecule has 0 aromatic heterocycles. The van der Waals surface area contributed by atoms with Gasteiger partial charge in [0.05, 0.1) is 0 Å². The number of benzene rings is 1.